The van der Waals surface area contributed by atoms with Crippen molar-refractivity contribution < 1.29 is 0 Å². The number of hydrogen-bond donors (Lipinski definition) is 1. The minimum absolute atomic E-state index is 0. The lowest BCUT2D eigenvalue weighted by Gasteiger charge is -1.94. The quantitative estimate of drug-likeness (QED) is 0.920. The average molecular weight is 291 g/mol. The third-order valence-electron chi connectivity index (χ3n) is 1.47. The van der Waals surface area contributed by atoms with E-state index in [2.05, 4.69) is 26.3 Å². The number of aromatic nitrogens is 2. The standard InChI is InChI=1S/C7H12BrN3.2ClH/c1-9-4-3-7-6(8)5-11(2)10-7;;/h5,9H,3-4H2,1-2H3;2*1H. The van der Waals surface area contributed by atoms with E-state index >= 15 is 0 Å². The van der Waals surface area contributed by atoms with Crippen molar-refractivity contribution in [3.05, 3.63) is 16.4 Å². The van der Waals surface area contributed by atoms with Crippen molar-refractivity contribution in [2.75, 3.05) is 13.6 Å². The van der Waals surface area contributed by atoms with Crippen LogP contribution >= 0.6 is 40.7 Å². The molecule has 0 saturated carbocycles. The molecule has 3 nitrogen and oxygen atoms in total. The number of likely N-dealkylation sites (N-methyl/N-ethyl adjacent to an activating group) is 1. The monoisotopic (exact) mass is 289 g/mol. The van der Waals surface area contributed by atoms with Crippen LogP contribution in [0.1, 0.15) is 5.69 Å². The van der Waals surface area contributed by atoms with E-state index < -0.39 is 0 Å². The highest BCUT2D eigenvalue weighted by Gasteiger charge is 2.02. The van der Waals surface area contributed by atoms with Crippen molar-refractivity contribution in [1.29, 1.82) is 0 Å². The number of nitrogens with zero attached hydrogens (tertiary/aromatic N) is 2. The summed E-state index contributed by atoms with van der Waals surface area (Å²) in [6, 6.07) is 0. The van der Waals surface area contributed by atoms with Crippen LogP contribution in [0.5, 0.6) is 0 Å². The minimum atomic E-state index is 0. The summed E-state index contributed by atoms with van der Waals surface area (Å²) < 4.78 is 2.91. The molecule has 1 aromatic rings. The van der Waals surface area contributed by atoms with Crippen LogP contribution in [-0.4, -0.2) is 23.4 Å². The first-order valence-electron chi connectivity index (χ1n) is 3.56. The van der Waals surface area contributed by atoms with Gasteiger partial charge in [0.1, 0.15) is 0 Å². The van der Waals surface area contributed by atoms with Gasteiger partial charge in [0.15, 0.2) is 0 Å². The Labute approximate surface area is 99.2 Å². The zero-order valence-corrected chi connectivity index (χ0v) is 10.8. The molecule has 1 N–H and O–H groups in total. The van der Waals surface area contributed by atoms with Crippen LogP contribution in [0.4, 0.5) is 0 Å². The summed E-state index contributed by atoms with van der Waals surface area (Å²) in [5.41, 5.74) is 1.11. The molecule has 0 radical (unpaired) electrons. The van der Waals surface area contributed by atoms with Crippen molar-refractivity contribution in [3.63, 3.8) is 0 Å². The van der Waals surface area contributed by atoms with E-state index in [4.69, 9.17) is 0 Å². The SMILES string of the molecule is CNCCc1nn(C)cc1Br.Cl.Cl. The van der Waals surface area contributed by atoms with Crippen molar-refractivity contribution in [2.45, 2.75) is 6.42 Å². The first kappa shape index (κ1) is 15.7. The van der Waals surface area contributed by atoms with Gasteiger partial charge in [0.05, 0.1) is 10.2 Å². The lowest BCUT2D eigenvalue weighted by Crippen LogP contribution is -2.11. The average Bonchev–Trinajstić information content (AvgIpc) is 2.26. The third-order valence-corrected chi connectivity index (χ3v) is 2.13. The third kappa shape index (κ3) is 4.86. The Bertz CT molecular complexity index is 240. The molecular formula is C7H14BrCl2N3. The van der Waals surface area contributed by atoms with Gasteiger partial charge in [0.25, 0.3) is 0 Å². The van der Waals surface area contributed by atoms with E-state index in [0.717, 1.165) is 23.1 Å². The maximum Gasteiger partial charge on any atom is 0.0779 e. The summed E-state index contributed by atoms with van der Waals surface area (Å²) in [5.74, 6) is 0. The Hall–Kier alpha value is 0.230. The molecule has 78 valence electrons. The van der Waals surface area contributed by atoms with Gasteiger partial charge >= 0.3 is 0 Å². The van der Waals surface area contributed by atoms with Crippen LogP contribution < -0.4 is 5.32 Å². The van der Waals surface area contributed by atoms with E-state index in [1.807, 2.05) is 25.0 Å². The molecule has 0 amide bonds. The molecule has 0 unspecified atom stereocenters. The molecule has 0 saturated heterocycles. The molecule has 0 atom stereocenters. The van der Waals surface area contributed by atoms with Crippen LogP contribution in [-0.2, 0) is 13.5 Å². The fourth-order valence-corrected chi connectivity index (χ4v) is 1.49. The highest BCUT2D eigenvalue weighted by Crippen LogP contribution is 2.13. The van der Waals surface area contributed by atoms with Crippen LogP contribution in [0, 0.1) is 0 Å². The smallest absolute Gasteiger partial charge is 0.0779 e. The lowest BCUT2D eigenvalue weighted by molar-refractivity contribution is 0.716. The van der Waals surface area contributed by atoms with Crippen molar-refractivity contribution in [3.8, 4) is 0 Å². The Morgan fingerprint density at radius 3 is 2.54 bits per heavy atom. The molecule has 6 heteroatoms. The van der Waals surface area contributed by atoms with Gasteiger partial charge in [-0.2, -0.15) is 5.10 Å². The molecular weight excluding hydrogens is 277 g/mol. The van der Waals surface area contributed by atoms with Crippen LogP contribution in [0.25, 0.3) is 0 Å². The van der Waals surface area contributed by atoms with Crippen molar-refractivity contribution in [2.24, 2.45) is 7.05 Å². The zero-order valence-electron chi connectivity index (χ0n) is 7.58. The fraction of sp³-hybridized carbons (Fsp3) is 0.571. The predicted molar refractivity (Wildman–Crippen MR) is 63.0 cm³/mol. The van der Waals surface area contributed by atoms with Gasteiger partial charge in [0, 0.05) is 26.2 Å². The van der Waals surface area contributed by atoms with Crippen LogP contribution in [0.15, 0.2) is 10.7 Å². The fourth-order valence-electron chi connectivity index (χ4n) is 0.918. The number of rotatable bonds is 3. The predicted octanol–water partition coefficient (Wildman–Crippen LogP) is 1.79. The molecule has 1 heterocycles. The Balaban J connectivity index is 0. The van der Waals surface area contributed by atoms with E-state index in [0.29, 0.717) is 0 Å². The molecule has 1 rings (SSSR count). The maximum absolute atomic E-state index is 4.28. The topological polar surface area (TPSA) is 29.9 Å². The summed E-state index contributed by atoms with van der Waals surface area (Å²) in [7, 11) is 3.87. The molecule has 0 bridgehead atoms. The molecule has 0 fully saturated rings. The number of nitrogens with one attached hydrogen (secondary N) is 1. The summed E-state index contributed by atoms with van der Waals surface area (Å²) in [4.78, 5) is 0. The molecule has 13 heavy (non-hydrogen) atoms. The first-order valence-corrected chi connectivity index (χ1v) is 4.36. The van der Waals surface area contributed by atoms with Gasteiger partial charge in [-0.3, -0.25) is 4.68 Å². The summed E-state index contributed by atoms with van der Waals surface area (Å²) in [5, 5.41) is 7.36. The summed E-state index contributed by atoms with van der Waals surface area (Å²) in [6.45, 7) is 0.968. The highest BCUT2D eigenvalue weighted by atomic mass is 79.9. The second kappa shape index (κ2) is 7.62. The molecule has 0 aliphatic carbocycles. The molecule has 0 spiro atoms. The van der Waals surface area contributed by atoms with Gasteiger partial charge in [-0.1, -0.05) is 0 Å². The lowest BCUT2D eigenvalue weighted by atomic mass is 10.3. The first-order chi connectivity index (χ1) is 5.24. The van der Waals surface area contributed by atoms with Gasteiger partial charge < -0.3 is 5.32 Å². The second-order valence-electron chi connectivity index (χ2n) is 2.45. The van der Waals surface area contributed by atoms with Crippen molar-refractivity contribution in [1.82, 2.24) is 15.1 Å². The Morgan fingerprint density at radius 1 is 1.54 bits per heavy atom. The number of hydrogen-bond acceptors (Lipinski definition) is 2. The largest absolute Gasteiger partial charge is 0.319 e. The molecule has 0 aliphatic rings. The number of halogens is 3. The van der Waals surface area contributed by atoms with Crippen LogP contribution in [0.2, 0.25) is 0 Å². The van der Waals surface area contributed by atoms with E-state index in [1.165, 1.54) is 0 Å². The van der Waals surface area contributed by atoms with E-state index in [1.54, 1.807) is 0 Å². The normalized spacial score (nSPS) is 8.85. The number of aryl methyl sites for hydroxylation is 1. The van der Waals surface area contributed by atoms with E-state index in [9.17, 15) is 0 Å². The Kier molecular flexibility index (Phi) is 9.19. The zero-order chi connectivity index (χ0) is 8.27. The van der Waals surface area contributed by atoms with Gasteiger partial charge in [-0.25, -0.2) is 0 Å². The van der Waals surface area contributed by atoms with Gasteiger partial charge in [-0.05, 0) is 23.0 Å². The molecule has 0 aliphatic heterocycles. The highest BCUT2D eigenvalue weighted by molar-refractivity contribution is 9.10. The van der Waals surface area contributed by atoms with Crippen molar-refractivity contribution >= 4 is 40.7 Å². The van der Waals surface area contributed by atoms with Gasteiger partial charge in [-0.15, -0.1) is 24.8 Å². The summed E-state index contributed by atoms with van der Waals surface area (Å²) >= 11 is 3.44. The van der Waals surface area contributed by atoms with Gasteiger partial charge in [0.2, 0.25) is 0 Å². The Morgan fingerprint density at radius 2 is 2.15 bits per heavy atom. The summed E-state index contributed by atoms with van der Waals surface area (Å²) in [6.07, 6.45) is 2.93. The molecule has 1 aromatic heterocycles. The van der Waals surface area contributed by atoms with Crippen LogP contribution in [0.3, 0.4) is 0 Å². The second-order valence-corrected chi connectivity index (χ2v) is 3.31. The minimum Gasteiger partial charge on any atom is -0.319 e. The van der Waals surface area contributed by atoms with E-state index in [-0.39, 0.29) is 24.8 Å². The maximum atomic E-state index is 4.28. The molecule has 0 aromatic carbocycles.